The first-order chi connectivity index (χ1) is 11.7. The summed E-state index contributed by atoms with van der Waals surface area (Å²) in [5.74, 6) is -0.194. The summed E-state index contributed by atoms with van der Waals surface area (Å²) in [6, 6.07) is 11.3. The van der Waals surface area contributed by atoms with Crippen molar-refractivity contribution in [3.05, 3.63) is 58.9 Å². The Morgan fingerprint density at radius 3 is 3.04 bits per heavy atom. The first-order valence-corrected chi connectivity index (χ1v) is 8.94. The number of hydrogen-bond acceptors (Lipinski definition) is 5. The minimum absolute atomic E-state index is 0.194. The molecule has 0 spiro atoms. The maximum absolute atomic E-state index is 12.3. The van der Waals surface area contributed by atoms with Gasteiger partial charge in [0.15, 0.2) is 5.17 Å². The number of hydrogen-bond donors (Lipinski definition) is 1. The van der Waals surface area contributed by atoms with Crippen LogP contribution in [0.2, 0.25) is 5.15 Å². The Morgan fingerprint density at radius 2 is 2.25 bits per heavy atom. The number of pyridine rings is 1. The number of halogens is 1. The number of aromatic nitrogens is 1. The largest absolute Gasteiger partial charge is 0.348 e. The monoisotopic (exact) mass is 358 g/mol. The second kappa shape index (κ2) is 6.45. The molecule has 122 valence electrons. The van der Waals surface area contributed by atoms with Crippen LogP contribution in [0, 0.1) is 0 Å². The first-order valence-electron chi connectivity index (χ1n) is 7.68. The molecule has 4 rings (SSSR count). The number of amides is 1. The number of aliphatic imine (C=N–C) groups is 1. The molecule has 0 bridgehead atoms. The van der Waals surface area contributed by atoms with E-state index >= 15 is 0 Å². The van der Waals surface area contributed by atoms with E-state index in [0.29, 0.717) is 16.0 Å². The summed E-state index contributed by atoms with van der Waals surface area (Å²) < 4.78 is 0. The smallest absolute Gasteiger partial charge is 0.257 e. The first kappa shape index (κ1) is 15.5. The number of rotatable bonds is 3. The van der Waals surface area contributed by atoms with Crippen LogP contribution in [0.3, 0.4) is 0 Å². The van der Waals surface area contributed by atoms with Crippen molar-refractivity contribution in [3.63, 3.8) is 0 Å². The van der Waals surface area contributed by atoms with Crippen LogP contribution in [0.1, 0.15) is 21.2 Å². The van der Waals surface area contributed by atoms with Gasteiger partial charge in [-0.3, -0.25) is 9.79 Å². The van der Waals surface area contributed by atoms with E-state index in [1.807, 2.05) is 18.2 Å². The summed E-state index contributed by atoms with van der Waals surface area (Å²) in [5, 5.41) is 4.79. The number of nitrogens with one attached hydrogen (secondary N) is 1. The summed E-state index contributed by atoms with van der Waals surface area (Å²) in [5.41, 5.74) is 2.46. The fourth-order valence-electron chi connectivity index (χ4n) is 2.81. The van der Waals surface area contributed by atoms with Gasteiger partial charge in [0.05, 0.1) is 17.4 Å². The van der Waals surface area contributed by atoms with Crippen molar-refractivity contribution in [2.45, 2.75) is 5.25 Å². The van der Waals surface area contributed by atoms with Crippen molar-refractivity contribution in [1.82, 2.24) is 9.88 Å². The summed E-state index contributed by atoms with van der Waals surface area (Å²) in [6.07, 6.45) is 1.47. The van der Waals surface area contributed by atoms with Crippen molar-refractivity contribution in [3.8, 4) is 0 Å². The predicted molar refractivity (Wildman–Crippen MR) is 97.8 cm³/mol. The van der Waals surface area contributed by atoms with Gasteiger partial charge >= 0.3 is 0 Å². The van der Waals surface area contributed by atoms with Gasteiger partial charge in [-0.15, -0.1) is 0 Å². The van der Waals surface area contributed by atoms with Crippen LogP contribution in [0.4, 0.5) is 5.69 Å². The molecule has 1 atom stereocenters. The van der Waals surface area contributed by atoms with Gasteiger partial charge in [-0.1, -0.05) is 35.5 Å². The molecule has 2 aliphatic heterocycles. The van der Waals surface area contributed by atoms with Gasteiger partial charge in [-0.05, 0) is 29.8 Å². The third-order valence-electron chi connectivity index (χ3n) is 4.03. The van der Waals surface area contributed by atoms with Crippen LogP contribution in [0.15, 0.2) is 47.6 Å². The number of fused-ring (bicyclic) bond motifs is 1. The zero-order valence-corrected chi connectivity index (χ0v) is 14.3. The van der Waals surface area contributed by atoms with Crippen molar-refractivity contribution in [2.75, 3.05) is 25.0 Å². The Bertz CT molecular complexity index is 808. The average Bonchev–Trinajstić information content (AvgIpc) is 3.17. The average molecular weight is 359 g/mol. The van der Waals surface area contributed by atoms with Crippen molar-refractivity contribution in [1.29, 1.82) is 0 Å². The van der Waals surface area contributed by atoms with Gasteiger partial charge < -0.3 is 10.2 Å². The minimum Gasteiger partial charge on any atom is -0.348 e. The fourth-order valence-corrected chi connectivity index (χ4v) is 4.20. The van der Waals surface area contributed by atoms with Crippen LogP contribution in [-0.2, 0) is 0 Å². The lowest BCUT2D eigenvalue weighted by molar-refractivity contribution is 0.102. The van der Waals surface area contributed by atoms with Crippen molar-refractivity contribution >= 4 is 40.1 Å². The Morgan fingerprint density at radius 1 is 1.33 bits per heavy atom. The molecule has 24 heavy (non-hydrogen) atoms. The maximum atomic E-state index is 12.3. The van der Waals surface area contributed by atoms with E-state index < -0.39 is 0 Å². The second-order valence-electron chi connectivity index (χ2n) is 5.67. The van der Waals surface area contributed by atoms with Crippen LogP contribution < -0.4 is 5.32 Å². The number of carbonyl (C=O) groups excluding carboxylic acids is 1. The molecule has 0 saturated carbocycles. The van der Waals surface area contributed by atoms with E-state index in [-0.39, 0.29) is 5.91 Å². The van der Waals surface area contributed by atoms with E-state index in [0.717, 1.165) is 30.5 Å². The molecule has 0 radical (unpaired) electrons. The molecule has 1 unspecified atom stereocenters. The highest BCUT2D eigenvalue weighted by atomic mass is 35.5. The number of amidine groups is 1. The van der Waals surface area contributed by atoms with Gasteiger partial charge in [0.25, 0.3) is 5.91 Å². The Kier molecular flexibility index (Phi) is 4.16. The van der Waals surface area contributed by atoms with Crippen LogP contribution in [-0.4, -0.2) is 40.6 Å². The predicted octanol–water partition coefficient (Wildman–Crippen LogP) is 3.45. The quantitative estimate of drug-likeness (QED) is 0.854. The van der Waals surface area contributed by atoms with Crippen molar-refractivity contribution in [2.24, 2.45) is 4.99 Å². The lowest BCUT2D eigenvalue weighted by Crippen LogP contribution is -2.21. The molecular formula is C17H15ClN4OS. The third kappa shape index (κ3) is 3.12. The highest BCUT2D eigenvalue weighted by molar-refractivity contribution is 8.14. The Balaban J connectivity index is 1.49. The van der Waals surface area contributed by atoms with Crippen LogP contribution in [0.25, 0.3) is 0 Å². The molecule has 1 amide bonds. The van der Waals surface area contributed by atoms with Gasteiger partial charge in [-0.25, -0.2) is 4.98 Å². The molecule has 3 heterocycles. The molecule has 1 aromatic heterocycles. The van der Waals surface area contributed by atoms with E-state index in [9.17, 15) is 4.79 Å². The molecule has 0 aliphatic carbocycles. The molecule has 1 fully saturated rings. The summed E-state index contributed by atoms with van der Waals surface area (Å²) in [7, 11) is 0. The number of thioether (sulfide) groups is 1. The number of anilines is 1. The second-order valence-corrected chi connectivity index (χ2v) is 7.22. The fraction of sp³-hybridized carbons (Fsp3) is 0.235. The van der Waals surface area contributed by atoms with Crippen molar-refractivity contribution < 1.29 is 4.79 Å². The molecular weight excluding hydrogens is 344 g/mol. The molecule has 1 saturated heterocycles. The van der Waals surface area contributed by atoms with E-state index in [1.165, 1.54) is 11.8 Å². The molecule has 7 heteroatoms. The Labute approximate surface area is 149 Å². The summed E-state index contributed by atoms with van der Waals surface area (Å²) >= 11 is 7.55. The zero-order chi connectivity index (χ0) is 16.5. The van der Waals surface area contributed by atoms with Gasteiger partial charge in [0.1, 0.15) is 5.15 Å². The van der Waals surface area contributed by atoms with Gasteiger partial charge in [0.2, 0.25) is 0 Å². The topological polar surface area (TPSA) is 57.6 Å². The van der Waals surface area contributed by atoms with E-state index in [1.54, 1.807) is 23.9 Å². The van der Waals surface area contributed by atoms with E-state index in [2.05, 4.69) is 26.3 Å². The number of benzene rings is 1. The Hall–Kier alpha value is -2.05. The molecule has 1 aromatic carbocycles. The van der Waals surface area contributed by atoms with E-state index in [4.69, 9.17) is 11.6 Å². The summed E-state index contributed by atoms with van der Waals surface area (Å²) in [6.45, 7) is 2.89. The zero-order valence-electron chi connectivity index (χ0n) is 12.8. The standard InChI is InChI=1S/C17H15ClN4OS/c18-15-5-4-12(9-20-15)16(23)21-13-3-1-2-11(8-13)14-10-22-7-6-19-17(22)24-14/h1-5,8-9,14H,6-7,10H2,(H,21,23). The highest BCUT2D eigenvalue weighted by Gasteiger charge is 2.32. The third-order valence-corrected chi connectivity index (χ3v) is 5.55. The van der Waals surface area contributed by atoms with Gasteiger partial charge in [-0.2, -0.15) is 0 Å². The molecule has 1 N–H and O–H groups in total. The lowest BCUT2D eigenvalue weighted by atomic mass is 10.1. The number of carbonyl (C=O) groups is 1. The van der Waals surface area contributed by atoms with Crippen LogP contribution >= 0.6 is 23.4 Å². The summed E-state index contributed by atoms with van der Waals surface area (Å²) in [4.78, 5) is 23.1. The minimum atomic E-state index is -0.194. The molecule has 5 nitrogen and oxygen atoms in total. The number of nitrogens with zero attached hydrogens (tertiary/aromatic N) is 3. The maximum Gasteiger partial charge on any atom is 0.257 e. The normalized spacial score (nSPS) is 19.1. The highest BCUT2D eigenvalue weighted by Crippen LogP contribution is 2.40. The van der Waals surface area contributed by atoms with Gasteiger partial charge in [0, 0.05) is 25.0 Å². The van der Waals surface area contributed by atoms with Crippen LogP contribution in [0.5, 0.6) is 0 Å². The molecule has 2 aromatic rings. The molecule has 2 aliphatic rings. The lowest BCUT2D eigenvalue weighted by Gasteiger charge is -2.13. The SMILES string of the molecule is O=C(Nc1cccc(C2CN3CCN=C3S2)c1)c1ccc(Cl)nc1.